The number of aliphatic hydroxyl groups excluding tert-OH is 1. The molecule has 0 radical (unpaired) electrons. The van der Waals surface area contributed by atoms with Gasteiger partial charge in [0, 0.05) is 10.9 Å². The summed E-state index contributed by atoms with van der Waals surface area (Å²) in [7, 11) is 0. The van der Waals surface area contributed by atoms with Crippen molar-refractivity contribution in [3.8, 4) is 0 Å². The molecule has 4 heteroatoms. The van der Waals surface area contributed by atoms with Gasteiger partial charge in [-0.2, -0.15) is 0 Å². The van der Waals surface area contributed by atoms with E-state index >= 15 is 0 Å². The number of hydrogen-bond donors (Lipinski definition) is 2. The molecule has 104 valence electrons. The summed E-state index contributed by atoms with van der Waals surface area (Å²) in [4.78, 5) is 11.7. The van der Waals surface area contributed by atoms with Crippen LogP contribution in [0.25, 0.3) is 0 Å². The Hall–Kier alpha value is -0.870. The van der Waals surface area contributed by atoms with Crippen LogP contribution in [0.2, 0.25) is 0 Å². The van der Waals surface area contributed by atoms with E-state index in [-0.39, 0.29) is 11.9 Å². The second-order valence-corrected chi connectivity index (χ2v) is 6.25. The lowest BCUT2D eigenvalue weighted by Gasteiger charge is -2.20. The average molecular weight is 326 g/mol. The molecule has 0 heterocycles. The van der Waals surface area contributed by atoms with E-state index in [9.17, 15) is 9.90 Å². The standard InChI is InChI=1S/C15H20BrNO2/c1-10(17-14(18)9-4-11-2-3-11)15(19)12-5-7-13(16)8-6-12/h5-8,10-11,15,19H,2-4,9H2,1H3,(H,17,18). The van der Waals surface area contributed by atoms with Gasteiger partial charge in [0.1, 0.15) is 0 Å². The second-order valence-electron chi connectivity index (χ2n) is 5.33. The lowest BCUT2D eigenvalue weighted by atomic mass is 10.0. The van der Waals surface area contributed by atoms with Gasteiger partial charge in [0.15, 0.2) is 0 Å². The second kappa shape index (κ2) is 6.53. The minimum absolute atomic E-state index is 0.0376. The first-order chi connectivity index (χ1) is 9.06. The molecule has 1 saturated carbocycles. The Balaban J connectivity index is 1.81. The fraction of sp³-hybridized carbons (Fsp3) is 0.533. The molecule has 1 amide bonds. The van der Waals surface area contributed by atoms with Crippen LogP contribution in [0.15, 0.2) is 28.7 Å². The van der Waals surface area contributed by atoms with Crippen LogP contribution in [0.5, 0.6) is 0 Å². The third-order valence-electron chi connectivity index (χ3n) is 3.55. The SMILES string of the molecule is CC(NC(=O)CCC1CC1)C(O)c1ccc(Br)cc1. The summed E-state index contributed by atoms with van der Waals surface area (Å²) in [5.74, 6) is 0.799. The minimum Gasteiger partial charge on any atom is -0.386 e. The van der Waals surface area contributed by atoms with Crippen molar-refractivity contribution in [2.24, 2.45) is 5.92 Å². The summed E-state index contributed by atoms with van der Waals surface area (Å²) in [6, 6.07) is 7.23. The summed E-state index contributed by atoms with van der Waals surface area (Å²) >= 11 is 3.36. The van der Waals surface area contributed by atoms with E-state index in [1.54, 1.807) is 0 Å². The maximum absolute atomic E-state index is 11.7. The fourth-order valence-corrected chi connectivity index (χ4v) is 2.36. The van der Waals surface area contributed by atoms with Crippen molar-refractivity contribution in [2.75, 3.05) is 0 Å². The molecular formula is C15H20BrNO2. The van der Waals surface area contributed by atoms with Gasteiger partial charge < -0.3 is 10.4 Å². The highest BCUT2D eigenvalue weighted by atomic mass is 79.9. The van der Waals surface area contributed by atoms with E-state index in [1.165, 1.54) is 12.8 Å². The molecule has 1 aromatic rings. The molecule has 19 heavy (non-hydrogen) atoms. The Kier molecular flexibility index (Phi) is 4.99. The van der Waals surface area contributed by atoms with Gasteiger partial charge in [-0.1, -0.05) is 40.9 Å². The quantitative estimate of drug-likeness (QED) is 0.843. The van der Waals surface area contributed by atoms with Gasteiger partial charge in [-0.25, -0.2) is 0 Å². The maximum atomic E-state index is 11.7. The number of halogens is 1. The Morgan fingerprint density at radius 1 is 1.42 bits per heavy atom. The van der Waals surface area contributed by atoms with E-state index in [0.29, 0.717) is 6.42 Å². The van der Waals surface area contributed by atoms with Crippen LogP contribution in [0, 0.1) is 5.92 Å². The Morgan fingerprint density at radius 2 is 2.05 bits per heavy atom. The van der Waals surface area contributed by atoms with Crippen LogP contribution in [0.3, 0.4) is 0 Å². The first-order valence-corrected chi connectivity index (χ1v) is 7.58. The monoisotopic (exact) mass is 325 g/mol. The third-order valence-corrected chi connectivity index (χ3v) is 4.08. The predicted octanol–water partition coefficient (Wildman–Crippen LogP) is 3.18. The highest BCUT2D eigenvalue weighted by Gasteiger charge is 2.23. The molecule has 2 atom stereocenters. The lowest BCUT2D eigenvalue weighted by Crippen LogP contribution is -2.36. The molecule has 0 bridgehead atoms. The molecule has 1 aromatic carbocycles. The van der Waals surface area contributed by atoms with Crippen LogP contribution in [-0.2, 0) is 4.79 Å². The topological polar surface area (TPSA) is 49.3 Å². The first kappa shape index (κ1) is 14.5. The number of benzene rings is 1. The van der Waals surface area contributed by atoms with Crippen molar-refractivity contribution in [1.82, 2.24) is 5.32 Å². The highest BCUT2D eigenvalue weighted by molar-refractivity contribution is 9.10. The Labute approximate surface area is 122 Å². The van der Waals surface area contributed by atoms with E-state index in [2.05, 4.69) is 21.2 Å². The number of nitrogens with one attached hydrogen (secondary N) is 1. The summed E-state index contributed by atoms with van der Waals surface area (Å²) in [5.41, 5.74) is 0.818. The summed E-state index contributed by atoms with van der Waals surface area (Å²) < 4.78 is 0.976. The van der Waals surface area contributed by atoms with Gasteiger partial charge in [-0.15, -0.1) is 0 Å². The van der Waals surface area contributed by atoms with E-state index in [1.807, 2.05) is 31.2 Å². The molecule has 0 aliphatic heterocycles. The molecule has 2 N–H and O–H groups in total. The molecule has 0 saturated heterocycles. The van der Waals surface area contributed by atoms with Crippen molar-refractivity contribution in [3.05, 3.63) is 34.3 Å². The van der Waals surface area contributed by atoms with Crippen LogP contribution >= 0.6 is 15.9 Å². The van der Waals surface area contributed by atoms with E-state index in [4.69, 9.17) is 0 Å². The van der Waals surface area contributed by atoms with Gasteiger partial charge >= 0.3 is 0 Å². The normalized spacial score (nSPS) is 17.8. The molecule has 1 fully saturated rings. The summed E-state index contributed by atoms with van der Waals surface area (Å²) in [6.45, 7) is 1.84. The summed E-state index contributed by atoms with van der Waals surface area (Å²) in [5, 5.41) is 13.1. The number of amides is 1. The average Bonchev–Trinajstić information content (AvgIpc) is 3.20. The Morgan fingerprint density at radius 3 is 2.63 bits per heavy atom. The van der Waals surface area contributed by atoms with Gasteiger partial charge in [0.25, 0.3) is 0 Å². The van der Waals surface area contributed by atoms with Crippen LogP contribution in [0.4, 0.5) is 0 Å². The molecular weight excluding hydrogens is 306 g/mol. The summed E-state index contributed by atoms with van der Waals surface area (Å²) in [6.07, 6.45) is 3.42. The number of carbonyl (C=O) groups is 1. The first-order valence-electron chi connectivity index (χ1n) is 6.79. The minimum atomic E-state index is -0.669. The zero-order valence-electron chi connectivity index (χ0n) is 11.1. The van der Waals surface area contributed by atoms with E-state index in [0.717, 1.165) is 22.4 Å². The zero-order valence-corrected chi connectivity index (χ0v) is 12.7. The molecule has 0 spiro atoms. The predicted molar refractivity (Wildman–Crippen MR) is 78.7 cm³/mol. The number of carbonyl (C=O) groups excluding carboxylic acids is 1. The molecule has 3 nitrogen and oxygen atoms in total. The van der Waals surface area contributed by atoms with Crippen LogP contribution < -0.4 is 5.32 Å². The van der Waals surface area contributed by atoms with Gasteiger partial charge in [-0.05, 0) is 37.0 Å². The van der Waals surface area contributed by atoms with Gasteiger partial charge in [0.2, 0.25) is 5.91 Å². The van der Waals surface area contributed by atoms with Crippen molar-refractivity contribution in [3.63, 3.8) is 0 Å². The highest BCUT2D eigenvalue weighted by Crippen LogP contribution is 2.33. The lowest BCUT2D eigenvalue weighted by molar-refractivity contribution is -0.122. The third kappa shape index (κ3) is 4.62. The number of aliphatic hydroxyl groups is 1. The van der Waals surface area contributed by atoms with Crippen molar-refractivity contribution >= 4 is 21.8 Å². The van der Waals surface area contributed by atoms with Crippen molar-refractivity contribution < 1.29 is 9.90 Å². The van der Waals surface area contributed by atoms with Crippen molar-refractivity contribution in [2.45, 2.75) is 44.8 Å². The van der Waals surface area contributed by atoms with Crippen LogP contribution in [-0.4, -0.2) is 17.1 Å². The smallest absolute Gasteiger partial charge is 0.220 e. The van der Waals surface area contributed by atoms with E-state index < -0.39 is 6.10 Å². The van der Waals surface area contributed by atoms with Gasteiger partial charge in [-0.3, -0.25) is 4.79 Å². The number of rotatable bonds is 6. The Bertz CT molecular complexity index is 428. The molecule has 2 unspecified atom stereocenters. The molecule has 1 aliphatic carbocycles. The number of hydrogen-bond acceptors (Lipinski definition) is 2. The van der Waals surface area contributed by atoms with Gasteiger partial charge in [0.05, 0.1) is 12.1 Å². The molecule has 0 aromatic heterocycles. The largest absolute Gasteiger partial charge is 0.386 e. The fourth-order valence-electron chi connectivity index (χ4n) is 2.10. The van der Waals surface area contributed by atoms with Crippen molar-refractivity contribution in [1.29, 1.82) is 0 Å². The molecule has 1 aliphatic rings. The zero-order chi connectivity index (χ0) is 13.8. The molecule has 2 rings (SSSR count). The van der Waals surface area contributed by atoms with Crippen LogP contribution in [0.1, 0.15) is 44.3 Å². The maximum Gasteiger partial charge on any atom is 0.220 e.